The standard InChI is InChI=1S/C29H34N2O5/c1-20-26(30-25-8-4-3-7-23(25)28(20)32)19-35-22-9-10-24(29(33)31-13-5-2-6-14-31)27(17-22)36-18-21-11-15-34-16-12-21/h3-4,7-10,17,21H,2,5-6,11-16,18-19H2,1H3,(H,30,32). The fraction of sp³-hybridized carbons (Fsp3) is 0.448. The van der Waals surface area contributed by atoms with Crippen LogP contribution in [0, 0.1) is 12.8 Å². The Balaban J connectivity index is 1.36. The van der Waals surface area contributed by atoms with E-state index in [9.17, 15) is 9.59 Å². The smallest absolute Gasteiger partial charge is 0.257 e. The van der Waals surface area contributed by atoms with Crippen molar-refractivity contribution in [2.45, 2.75) is 45.6 Å². The molecule has 2 aromatic carbocycles. The number of ether oxygens (including phenoxy) is 3. The van der Waals surface area contributed by atoms with Crippen LogP contribution in [0.1, 0.15) is 53.7 Å². The lowest BCUT2D eigenvalue weighted by Crippen LogP contribution is -2.35. The highest BCUT2D eigenvalue weighted by atomic mass is 16.5. The number of rotatable bonds is 7. The van der Waals surface area contributed by atoms with Crippen molar-refractivity contribution in [1.82, 2.24) is 9.88 Å². The molecule has 0 saturated carbocycles. The molecule has 0 spiro atoms. The Labute approximate surface area is 211 Å². The van der Waals surface area contributed by atoms with Gasteiger partial charge in [0, 0.05) is 48.8 Å². The molecule has 7 nitrogen and oxygen atoms in total. The van der Waals surface area contributed by atoms with Gasteiger partial charge in [0.1, 0.15) is 18.1 Å². The average molecular weight is 491 g/mol. The third-order valence-electron chi connectivity index (χ3n) is 7.28. The van der Waals surface area contributed by atoms with Crippen LogP contribution in [0.4, 0.5) is 0 Å². The second-order valence-corrected chi connectivity index (χ2v) is 9.77. The molecule has 3 aromatic rings. The van der Waals surface area contributed by atoms with Crippen LogP contribution in [0.25, 0.3) is 10.9 Å². The van der Waals surface area contributed by atoms with Crippen molar-refractivity contribution in [3.8, 4) is 11.5 Å². The number of para-hydroxylation sites is 1. The molecule has 7 heteroatoms. The Morgan fingerprint density at radius 1 is 1.06 bits per heavy atom. The van der Waals surface area contributed by atoms with E-state index in [1.807, 2.05) is 54.3 Å². The van der Waals surface area contributed by atoms with E-state index in [0.29, 0.717) is 40.5 Å². The van der Waals surface area contributed by atoms with Crippen LogP contribution in [0.3, 0.4) is 0 Å². The Hall–Kier alpha value is -3.32. The van der Waals surface area contributed by atoms with Crippen LogP contribution in [0.5, 0.6) is 11.5 Å². The van der Waals surface area contributed by atoms with Crippen LogP contribution >= 0.6 is 0 Å². The molecule has 0 aliphatic carbocycles. The predicted octanol–water partition coefficient (Wildman–Crippen LogP) is 4.85. The summed E-state index contributed by atoms with van der Waals surface area (Å²) in [5, 5.41) is 0.670. The minimum atomic E-state index is 0.00547. The topological polar surface area (TPSA) is 80.9 Å². The fourth-order valence-electron chi connectivity index (χ4n) is 4.96. The van der Waals surface area contributed by atoms with Crippen molar-refractivity contribution in [2.75, 3.05) is 32.9 Å². The van der Waals surface area contributed by atoms with E-state index in [1.54, 1.807) is 0 Å². The fourth-order valence-corrected chi connectivity index (χ4v) is 4.96. The summed E-state index contributed by atoms with van der Waals surface area (Å²) in [6.07, 6.45) is 5.16. The van der Waals surface area contributed by atoms with Gasteiger partial charge in [-0.3, -0.25) is 9.59 Å². The average Bonchev–Trinajstić information content (AvgIpc) is 2.94. The minimum absolute atomic E-state index is 0.00547. The maximum absolute atomic E-state index is 13.3. The summed E-state index contributed by atoms with van der Waals surface area (Å²) in [5.74, 6) is 1.57. The quantitative estimate of drug-likeness (QED) is 0.512. The van der Waals surface area contributed by atoms with Crippen molar-refractivity contribution in [3.63, 3.8) is 0 Å². The zero-order valence-corrected chi connectivity index (χ0v) is 20.9. The molecule has 1 amide bonds. The number of piperidine rings is 1. The first-order valence-corrected chi connectivity index (χ1v) is 13.0. The number of carbonyl (C=O) groups is 1. The van der Waals surface area contributed by atoms with Gasteiger partial charge in [-0.2, -0.15) is 0 Å². The van der Waals surface area contributed by atoms with Gasteiger partial charge in [0.2, 0.25) is 0 Å². The number of fused-ring (bicyclic) bond motifs is 1. The summed E-state index contributed by atoms with van der Waals surface area (Å²) in [7, 11) is 0. The van der Waals surface area contributed by atoms with Gasteiger partial charge in [-0.05, 0) is 69.2 Å². The largest absolute Gasteiger partial charge is 0.492 e. The molecule has 0 bridgehead atoms. The maximum atomic E-state index is 13.3. The predicted molar refractivity (Wildman–Crippen MR) is 139 cm³/mol. The minimum Gasteiger partial charge on any atom is -0.492 e. The van der Waals surface area contributed by atoms with Crippen LogP contribution in [0.15, 0.2) is 47.3 Å². The normalized spacial score (nSPS) is 16.8. The first kappa shape index (κ1) is 24.4. The first-order chi connectivity index (χ1) is 17.6. The van der Waals surface area contributed by atoms with Crippen molar-refractivity contribution < 1.29 is 19.0 Å². The number of nitrogens with one attached hydrogen (secondary N) is 1. The summed E-state index contributed by atoms with van der Waals surface area (Å²) in [6, 6.07) is 12.9. The van der Waals surface area contributed by atoms with Gasteiger partial charge < -0.3 is 24.1 Å². The number of benzene rings is 2. The van der Waals surface area contributed by atoms with E-state index in [1.165, 1.54) is 6.42 Å². The summed E-state index contributed by atoms with van der Waals surface area (Å²) in [6.45, 7) is 5.64. The van der Waals surface area contributed by atoms with Crippen LogP contribution in [-0.4, -0.2) is 48.7 Å². The highest BCUT2D eigenvalue weighted by Crippen LogP contribution is 2.29. The number of likely N-dealkylation sites (tertiary alicyclic amines) is 1. The van der Waals surface area contributed by atoms with Gasteiger partial charge >= 0.3 is 0 Å². The van der Waals surface area contributed by atoms with E-state index in [2.05, 4.69) is 4.98 Å². The second-order valence-electron chi connectivity index (χ2n) is 9.77. The summed E-state index contributed by atoms with van der Waals surface area (Å²) in [5.41, 5.74) is 2.74. The van der Waals surface area contributed by atoms with E-state index in [0.717, 1.165) is 63.2 Å². The zero-order chi connectivity index (χ0) is 24.9. The molecule has 0 unspecified atom stereocenters. The van der Waals surface area contributed by atoms with Crippen molar-refractivity contribution in [3.05, 3.63) is 69.5 Å². The Morgan fingerprint density at radius 2 is 1.83 bits per heavy atom. The lowest BCUT2D eigenvalue weighted by Gasteiger charge is -2.28. The Kier molecular flexibility index (Phi) is 7.56. The molecular weight excluding hydrogens is 456 g/mol. The summed E-state index contributed by atoms with van der Waals surface area (Å²) >= 11 is 0. The number of hydrogen-bond acceptors (Lipinski definition) is 5. The Morgan fingerprint density at radius 3 is 2.64 bits per heavy atom. The van der Waals surface area contributed by atoms with E-state index in [-0.39, 0.29) is 17.9 Å². The summed E-state index contributed by atoms with van der Waals surface area (Å²) < 4.78 is 17.8. The molecule has 36 heavy (non-hydrogen) atoms. The van der Waals surface area contributed by atoms with Gasteiger partial charge in [-0.15, -0.1) is 0 Å². The molecule has 2 saturated heterocycles. The highest BCUT2D eigenvalue weighted by Gasteiger charge is 2.23. The van der Waals surface area contributed by atoms with Crippen molar-refractivity contribution in [2.24, 2.45) is 5.92 Å². The number of hydrogen-bond donors (Lipinski definition) is 1. The molecule has 0 radical (unpaired) electrons. The molecule has 0 atom stereocenters. The number of aromatic amines is 1. The van der Waals surface area contributed by atoms with Gasteiger partial charge in [0.25, 0.3) is 5.91 Å². The van der Waals surface area contributed by atoms with E-state index in [4.69, 9.17) is 14.2 Å². The molecule has 1 N–H and O–H groups in total. The van der Waals surface area contributed by atoms with Crippen molar-refractivity contribution in [1.29, 1.82) is 0 Å². The molecule has 3 heterocycles. The van der Waals surface area contributed by atoms with E-state index < -0.39 is 0 Å². The SMILES string of the molecule is Cc1c(COc2ccc(C(=O)N3CCCCC3)c(OCC3CCOCC3)c2)[nH]c2ccccc2c1=O. The van der Waals surface area contributed by atoms with Crippen molar-refractivity contribution >= 4 is 16.8 Å². The lowest BCUT2D eigenvalue weighted by atomic mass is 10.0. The molecular formula is C29H34N2O5. The van der Waals surface area contributed by atoms with Crippen LogP contribution in [0.2, 0.25) is 0 Å². The van der Waals surface area contributed by atoms with Crippen LogP contribution in [-0.2, 0) is 11.3 Å². The van der Waals surface area contributed by atoms with Gasteiger partial charge in [-0.25, -0.2) is 0 Å². The van der Waals surface area contributed by atoms with E-state index >= 15 is 0 Å². The number of nitrogens with zero attached hydrogens (tertiary/aromatic N) is 1. The number of H-pyrrole nitrogens is 1. The molecule has 1 aromatic heterocycles. The molecule has 2 aliphatic heterocycles. The number of amides is 1. The molecule has 2 fully saturated rings. The second kappa shape index (κ2) is 11.2. The number of pyridine rings is 1. The van der Waals surface area contributed by atoms with Gasteiger partial charge in [-0.1, -0.05) is 12.1 Å². The molecule has 5 rings (SSSR count). The third-order valence-corrected chi connectivity index (χ3v) is 7.28. The molecule has 190 valence electrons. The lowest BCUT2D eigenvalue weighted by molar-refractivity contribution is 0.0491. The monoisotopic (exact) mass is 490 g/mol. The maximum Gasteiger partial charge on any atom is 0.257 e. The number of carbonyl (C=O) groups excluding carboxylic acids is 1. The number of aromatic nitrogens is 1. The zero-order valence-electron chi connectivity index (χ0n) is 20.9. The van der Waals surface area contributed by atoms with Crippen LogP contribution < -0.4 is 14.9 Å². The van der Waals surface area contributed by atoms with Gasteiger partial charge in [0.15, 0.2) is 5.43 Å². The van der Waals surface area contributed by atoms with Gasteiger partial charge in [0.05, 0.1) is 17.9 Å². The highest BCUT2D eigenvalue weighted by molar-refractivity contribution is 5.97. The summed E-state index contributed by atoms with van der Waals surface area (Å²) in [4.78, 5) is 31.3. The third kappa shape index (κ3) is 5.41. The first-order valence-electron chi connectivity index (χ1n) is 13.0. The molecule has 2 aliphatic rings. The Bertz CT molecular complexity index is 1270.